The van der Waals surface area contributed by atoms with Crippen molar-refractivity contribution in [2.24, 2.45) is 0 Å². The van der Waals surface area contributed by atoms with Gasteiger partial charge in [0.05, 0.1) is 6.61 Å². The van der Waals surface area contributed by atoms with Crippen LogP contribution in [0.25, 0.3) is 22.7 Å². The lowest BCUT2D eigenvalue weighted by molar-refractivity contribution is -0.140. The van der Waals surface area contributed by atoms with E-state index in [4.69, 9.17) is 4.74 Å². The molecule has 0 bridgehead atoms. The zero-order chi connectivity index (χ0) is 28.3. The van der Waals surface area contributed by atoms with Crippen molar-refractivity contribution in [2.45, 2.75) is 45.8 Å². The topological polar surface area (TPSA) is 115 Å². The first-order valence-corrected chi connectivity index (χ1v) is 13.2. The number of nitrogens with zero attached hydrogens (tertiary/aromatic N) is 3. The Morgan fingerprint density at radius 3 is 2.67 bits per heavy atom. The van der Waals surface area contributed by atoms with Gasteiger partial charge in [-0.15, -0.1) is 11.3 Å². The highest BCUT2D eigenvalue weighted by atomic mass is 32.1. The highest BCUT2D eigenvalue weighted by Crippen LogP contribution is 2.38. The molecular weight excluding hydrogens is 535 g/mol. The zero-order valence-electron chi connectivity index (χ0n) is 21.4. The number of hydrogen-bond donors (Lipinski definition) is 2. The molecule has 1 aliphatic rings. The van der Waals surface area contributed by atoms with Crippen molar-refractivity contribution in [1.29, 1.82) is 0 Å². The molecule has 1 atom stereocenters. The number of amides is 2. The van der Waals surface area contributed by atoms with Gasteiger partial charge < -0.3 is 14.6 Å². The van der Waals surface area contributed by atoms with E-state index in [-0.39, 0.29) is 28.9 Å². The highest BCUT2D eigenvalue weighted by Gasteiger charge is 2.34. The summed E-state index contributed by atoms with van der Waals surface area (Å²) in [6.45, 7) is 6.22. The van der Waals surface area contributed by atoms with Crippen molar-refractivity contribution in [1.82, 2.24) is 19.9 Å². The second-order valence-corrected chi connectivity index (χ2v) is 9.43. The number of carbonyl (C=O) groups is 2. The third-order valence-corrected chi connectivity index (χ3v) is 6.94. The molecule has 3 aromatic rings. The first kappa shape index (κ1) is 28.0. The molecule has 3 aromatic heterocycles. The Morgan fingerprint density at radius 2 is 2.03 bits per heavy atom. The summed E-state index contributed by atoms with van der Waals surface area (Å²) in [7, 11) is 0. The summed E-state index contributed by atoms with van der Waals surface area (Å²) in [6.07, 6.45) is 2.22. The minimum Gasteiger partial charge on any atom is -0.462 e. The monoisotopic (exact) mass is 561 g/mol. The predicted octanol–water partition coefficient (Wildman–Crippen LogP) is 3.47. The Bertz CT molecular complexity index is 1600. The van der Waals surface area contributed by atoms with Crippen LogP contribution >= 0.6 is 11.3 Å². The highest BCUT2D eigenvalue weighted by molar-refractivity contribution is 7.13. The van der Waals surface area contributed by atoms with Gasteiger partial charge in [-0.1, -0.05) is 12.2 Å². The predicted molar refractivity (Wildman–Crippen MR) is 141 cm³/mol. The van der Waals surface area contributed by atoms with E-state index in [9.17, 15) is 27.6 Å². The molecule has 0 saturated heterocycles. The molecule has 0 aromatic carbocycles. The lowest BCUT2D eigenvalue weighted by atomic mass is 9.89. The number of urea groups is 1. The standard InChI is InChI=1S/C26H26F3N5O4S/c1-4-30-25(37)33-21-10-16(23-32-20(13-39-23)26(27,28)29)17(11-31-21)14-7-8-15-19(9-14)34(5-2)12-18(22(15)35)24(36)38-6-3/h8-14H,4-7H2,1-3H3,(H2,30,31,33,37). The molecule has 0 fully saturated rings. The zero-order valence-corrected chi connectivity index (χ0v) is 22.2. The maximum atomic E-state index is 13.3. The molecule has 0 radical (unpaired) electrons. The fraction of sp³-hybridized carbons (Fsp3) is 0.346. The van der Waals surface area contributed by atoms with Gasteiger partial charge in [-0.05, 0) is 38.8 Å². The average molecular weight is 562 g/mol. The van der Waals surface area contributed by atoms with E-state index in [2.05, 4.69) is 20.6 Å². The van der Waals surface area contributed by atoms with Crippen molar-refractivity contribution in [3.63, 3.8) is 0 Å². The Morgan fingerprint density at radius 1 is 1.26 bits per heavy atom. The number of halogens is 3. The van der Waals surface area contributed by atoms with E-state index < -0.39 is 29.3 Å². The van der Waals surface area contributed by atoms with Crippen molar-refractivity contribution < 1.29 is 27.5 Å². The molecule has 3 heterocycles. The fourth-order valence-corrected chi connectivity index (χ4v) is 5.15. The number of anilines is 1. The Kier molecular flexibility index (Phi) is 8.19. The number of thiazole rings is 1. The summed E-state index contributed by atoms with van der Waals surface area (Å²) in [5, 5.41) is 7.14. The maximum absolute atomic E-state index is 13.3. The second kappa shape index (κ2) is 11.4. The van der Waals surface area contributed by atoms with Crippen molar-refractivity contribution >= 4 is 41.3 Å². The second-order valence-electron chi connectivity index (χ2n) is 8.57. The van der Waals surface area contributed by atoms with Crippen molar-refractivity contribution in [3.8, 4) is 10.6 Å². The van der Waals surface area contributed by atoms with E-state index in [1.807, 2.05) is 13.0 Å². The van der Waals surface area contributed by atoms with Crippen LogP contribution in [0.3, 0.4) is 0 Å². The maximum Gasteiger partial charge on any atom is 0.434 e. The van der Waals surface area contributed by atoms with E-state index >= 15 is 0 Å². The third-order valence-electron chi connectivity index (χ3n) is 6.07. The van der Waals surface area contributed by atoms with Crippen LogP contribution in [0, 0.1) is 0 Å². The van der Waals surface area contributed by atoms with E-state index in [1.165, 1.54) is 18.5 Å². The largest absolute Gasteiger partial charge is 0.462 e. The van der Waals surface area contributed by atoms with Crippen LogP contribution < -0.4 is 26.6 Å². The van der Waals surface area contributed by atoms with Crippen LogP contribution in [0.5, 0.6) is 0 Å². The molecule has 0 spiro atoms. The third kappa shape index (κ3) is 5.87. The van der Waals surface area contributed by atoms with E-state index in [1.54, 1.807) is 24.5 Å². The molecule has 1 unspecified atom stereocenters. The molecule has 9 nitrogen and oxygen atoms in total. The normalized spacial score (nSPS) is 14.6. The number of hydrogen-bond acceptors (Lipinski definition) is 7. The van der Waals surface area contributed by atoms with Crippen LogP contribution in [0.4, 0.5) is 23.8 Å². The van der Waals surface area contributed by atoms with Gasteiger partial charge in [0.15, 0.2) is 5.69 Å². The van der Waals surface area contributed by atoms with Crippen LogP contribution in [-0.4, -0.2) is 39.7 Å². The Balaban J connectivity index is 1.85. The van der Waals surface area contributed by atoms with Gasteiger partial charge in [-0.25, -0.2) is 19.6 Å². The smallest absolute Gasteiger partial charge is 0.434 e. The van der Waals surface area contributed by atoms with Crippen molar-refractivity contribution in [3.05, 3.63) is 61.5 Å². The molecule has 1 aliphatic carbocycles. The van der Waals surface area contributed by atoms with E-state index in [0.29, 0.717) is 41.2 Å². The van der Waals surface area contributed by atoms with Gasteiger partial charge in [0.25, 0.3) is 0 Å². The van der Waals surface area contributed by atoms with E-state index in [0.717, 1.165) is 16.7 Å². The summed E-state index contributed by atoms with van der Waals surface area (Å²) in [4.78, 5) is 45.6. The molecule has 13 heteroatoms. The SMILES string of the molecule is CCNC(=O)Nc1cc(-c2nc(C(F)(F)F)cs2)c(C2C=c3c(c(=O)c(C(=O)OCC)cn3CC)=CC2)cn1. The van der Waals surface area contributed by atoms with Crippen molar-refractivity contribution in [2.75, 3.05) is 18.5 Å². The number of aryl methyl sites for hydroxylation is 1. The molecule has 206 valence electrons. The first-order chi connectivity index (χ1) is 18.6. The number of rotatable bonds is 7. The molecular formula is C26H26F3N5O4S. The van der Waals surface area contributed by atoms with Gasteiger partial charge in [0, 0.05) is 52.9 Å². The van der Waals surface area contributed by atoms with Crippen LogP contribution in [-0.2, 0) is 17.5 Å². The average Bonchev–Trinajstić information content (AvgIpc) is 3.40. The summed E-state index contributed by atoms with van der Waals surface area (Å²) < 4.78 is 46.8. The molecule has 0 aliphatic heterocycles. The lowest BCUT2D eigenvalue weighted by Gasteiger charge is -2.20. The van der Waals surface area contributed by atoms with Gasteiger partial charge in [-0.2, -0.15) is 13.2 Å². The van der Waals surface area contributed by atoms with Crippen LogP contribution in [0.2, 0.25) is 0 Å². The van der Waals surface area contributed by atoms with Gasteiger partial charge in [0.2, 0.25) is 5.43 Å². The molecule has 2 amide bonds. The number of alkyl halides is 3. The Hall–Kier alpha value is -4.00. The van der Waals surface area contributed by atoms with Crippen LogP contribution in [0.15, 0.2) is 28.6 Å². The fourth-order valence-electron chi connectivity index (χ4n) is 4.28. The molecule has 39 heavy (non-hydrogen) atoms. The molecule has 2 N–H and O–H groups in total. The number of aromatic nitrogens is 3. The summed E-state index contributed by atoms with van der Waals surface area (Å²) in [6, 6.07) is 0.985. The minimum atomic E-state index is -4.61. The number of nitrogens with one attached hydrogen (secondary N) is 2. The summed E-state index contributed by atoms with van der Waals surface area (Å²) in [5.74, 6) is -0.926. The number of pyridine rings is 2. The molecule has 0 saturated carbocycles. The lowest BCUT2D eigenvalue weighted by Crippen LogP contribution is -2.49. The number of esters is 1. The number of carbonyl (C=O) groups excluding carboxylic acids is 2. The van der Waals surface area contributed by atoms with Gasteiger partial charge in [-0.3, -0.25) is 10.1 Å². The quantitative estimate of drug-likeness (QED) is 0.427. The molecule has 4 rings (SSSR count). The van der Waals surface area contributed by atoms with Gasteiger partial charge in [0.1, 0.15) is 16.4 Å². The summed E-state index contributed by atoms with van der Waals surface area (Å²) >= 11 is 0.833. The summed E-state index contributed by atoms with van der Waals surface area (Å²) in [5.41, 5.74) is -0.571. The van der Waals surface area contributed by atoms with Gasteiger partial charge >= 0.3 is 18.2 Å². The van der Waals surface area contributed by atoms with Crippen LogP contribution in [0.1, 0.15) is 54.7 Å². The number of fused-ring (bicyclic) bond motifs is 1. The first-order valence-electron chi connectivity index (χ1n) is 12.3. The Labute approximate surface area is 225 Å². The minimum absolute atomic E-state index is 0.0637. The number of ether oxygens (including phenoxy) is 1.